The van der Waals surface area contributed by atoms with Gasteiger partial charge in [0.2, 0.25) is 5.88 Å². The number of carbonyl (C=O) groups is 2. The van der Waals surface area contributed by atoms with Gasteiger partial charge in [0.15, 0.2) is 11.8 Å². The topological polar surface area (TPSA) is 108 Å². The van der Waals surface area contributed by atoms with Crippen LogP contribution in [0.5, 0.6) is 5.88 Å². The molecule has 4 rings (SSSR count). The number of aromatic nitrogens is 3. The van der Waals surface area contributed by atoms with Crippen LogP contribution in [0.25, 0.3) is 16.6 Å². The van der Waals surface area contributed by atoms with Crippen LogP contribution in [0.2, 0.25) is 5.02 Å². The largest absolute Gasteiger partial charge is 0.481 e. The molecule has 0 aliphatic rings. The highest BCUT2D eigenvalue weighted by molar-refractivity contribution is 6.32. The predicted octanol–water partition coefficient (Wildman–Crippen LogP) is 4.18. The first-order chi connectivity index (χ1) is 16.1. The van der Waals surface area contributed by atoms with Gasteiger partial charge in [-0.05, 0) is 25.1 Å². The lowest BCUT2D eigenvalue weighted by molar-refractivity contribution is -0.198. The van der Waals surface area contributed by atoms with Crippen molar-refractivity contribution in [1.29, 1.82) is 0 Å². The number of rotatable bonds is 6. The standard InChI is InChI=1S/C21H16ClF3N4O5/c1-10(21(23,24)25)33-20(31)14-7-12(22)5-11-6-13(34-17(11)14)8-26-19(30)15-9-27-29-4-3-16(32-2)28-18(15)29/h3-7,9-10H,8H2,1-2H3,(H,26,30). The Morgan fingerprint density at radius 1 is 1.26 bits per heavy atom. The molecule has 3 aromatic heterocycles. The van der Waals surface area contributed by atoms with Crippen molar-refractivity contribution in [2.24, 2.45) is 0 Å². The maximum Gasteiger partial charge on any atom is 0.425 e. The lowest BCUT2D eigenvalue weighted by Crippen LogP contribution is -2.30. The van der Waals surface area contributed by atoms with E-state index in [0.717, 1.165) is 6.07 Å². The Morgan fingerprint density at radius 3 is 2.74 bits per heavy atom. The Balaban J connectivity index is 1.55. The van der Waals surface area contributed by atoms with E-state index >= 15 is 0 Å². The molecule has 0 fully saturated rings. The molecule has 1 aromatic carbocycles. The quantitative estimate of drug-likeness (QED) is 0.399. The van der Waals surface area contributed by atoms with Crippen LogP contribution in [-0.2, 0) is 11.3 Å². The Bertz CT molecular complexity index is 1400. The van der Waals surface area contributed by atoms with Crippen molar-refractivity contribution in [2.75, 3.05) is 7.11 Å². The van der Waals surface area contributed by atoms with Gasteiger partial charge in [-0.1, -0.05) is 11.6 Å². The van der Waals surface area contributed by atoms with Crippen molar-refractivity contribution >= 4 is 40.1 Å². The van der Waals surface area contributed by atoms with E-state index in [9.17, 15) is 22.8 Å². The first-order valence-electron chi connectivity index (χ1n) is 9.73. The number of nitrogens with zero attached hydrogens (tertiary/aromatic N) is 3. The molecular formula is C21H16ClF3N4O5. The minimum absolute atomic E-state index is 0.0181. The summed E-state index contributed by atoms with van der Waals surface area (Å²) in [5.41, 5.74) is 0.172. The fraction of sp³-hybridized carbons (Fsp3) is 0.238. The van der Waals surface area contributed by atoms with E-state index in [1.54, 1.807) is 12.3 Å². The molecule has 1 N–H and O–H groups in total. The predicted molar refractivity (Wildman–Crippen MR) is 113 cm³/mol. The maximum absolute atomic E-state index is 12.8. The van der Waals surface area contributed by atoms with E-state index in [1.807, 2.05) is 0 Å². The van der Waals surface area contributed by atoms with Crippen molar-refractivity contribution in [3.63, 3.8) is 0 Å². The summed E-state index contributed by atoms with van der Waals surface area (Å²) in [5.74, 6) is -1.22. The average Bonchev–Trinajstić information content (AvgIpc) is 3.39. The zero-order chi connectivity index (χ0) is 24.6. The molecule has 3 heterocycles. The van der Waals surface area contributed by atoms with Crippen LogP contribution >= 0.6 is 11.6 Å². The summed E-state index contributed by atoms with van der Waals surface area (Å²) >= 11 is 6.01. The Hall–Kier alpha value is -3.80. The van der Waals surface area contributed by atoms with Gasteiger partial charge in [0.1, 0.15) is 22.5 Å². The second kappa shape index (κ2) is 8.86. The van der Waals surface area contributed by atoms with Crippen molar-refractivity contribution in [2.45, 2.75) is 25.7 Å². The van der Waals surface area contributed by atoms with Crippen LogP contribution in [0.1, 0.15) is 33.4 Å². The molecule has 1 amide bonds. The molecule has 0 saturated carbocycles. The number of ether oxygens (including phenoxy) is 2. The van der Waals surface area contributed by atoms with Gasteiger partial charge in [-0.2, -0.15) is 23.3 Å². The average molecular weight is 497 g/mol. The SMILES string of the molecule is COc1ccn2ncc(C(=O)NCc3cc4cc(Cl)cc(C(=O)OC(C)C(F)(F)F)c4o3)c2n1. The molecule has 1 unspecified atom stereocenters. The summed E-state index contributed by atoms with van der Waals surface area (Å²) in [5, 5.41) is 7.15. The minimum atomic E-state index is -4.72. The second-order valence-electron chi connectivity index (χ2n) is 7.15. The van der Waals surface area contributed by atoms with Gasteiger partial charge >= 0.3 is 12.1 Å². The number of methoxy groups -OCH3 is 1. The number of alkyl halides is 3. The molecule has 1 atom stereocenters. The number of carbonyl (C=O) groups excluding carboxylic acids is 2. The van der Waals surface area contributed by atoms with Crippen molar-refractivity contribution in [3.05, 3.63) is 58.6 Å². The monoisotopic (exact) mass is 496 g/mol. The maximum atomic E-state index is 12.8. The molecule has 0 radical (unpaired) electrons. The van der Waals surface area contributed by atoms with Gasteiger partial charge < -0.3 is 19.2 Å². The third-order valence-electron chi connectivity index (χ3n) is 4.82. The van der Waals surface area contributed by atoms with Crippen LogP contribution in [0.3, 0.4) is 0 Å². The Labute approximate surface area is 194 Å². The van der Waals surface area contributed by atoms with Gasteiger partial charge in [0.25, 0.3) is 5.91 Å². The lowest BCUT2D eigenvalue weighted by Gasteiger charge is -2.16. The number of hydrogen-bond acceptors (Lipinski definition) is 7. The number of furan rings is 1. The molecule has 4 aromatic rings. The second-order valence-corrected chi connectivity index (χ2v) is 7.59. The molecule has 178 valence electrons. The van der Waals surface area contributed by atoms with Crippen LogP contribution < -0.4 is 10.1 Å². The van der Waals surface area contributed by atoms with E-state index in [1.165, 1.54) is 30.0 Å². The number of fused-ring (bicyclic) bond motifs is 2. The summed E-state index contributed by atoms with van der Waals surface area (Å²) in [7, 11) is 1.44. The molecule has 0 aliphatic heterocycles. The Morgan fingerprint density at radius 2 is 2.03 bits per heavy atom. The van der Waals surface area contributed by atoms with E-state index in [4.69, 9.17) is 20.8 Å². The van der Waals surface area contributed by atoms with E-state index < -0.39 is 24.2 Å². The highest BCUT2D eigenvalue weighted by atomic mass is 35.5. The minimum Gasteiger partial charge on any atom is -0.481 e. The zero-order valence-electron chi connectivity index (χ0n) is 17.6. The van der Waals surface area contributed by atoms with E-state index in [-0.39, 0.29) is 39.7 Å². The van der Waals surface area contributed by atoms with Gasteiger partial charge in [-0.15, -0.1) is 0 Å². The number of nitrogens with one attached hydrogen (secondary N) is 1. The number of amides is 1. The fourth-order valence-corrected chi connectivity index (χ4v) is 3.31. The first kappa shape index (κ1) is 23.4. The summed E-state index contributed by atoms with van der Waals surface area (Å²) in [6.45, 7) is 0.619. The fourth-order valence-electron chi connectivity index (χ4n) is 3.09. The van der Waals surface area contributed by atoms with Gasteiger partial charge in [0.05, 0.1) is 19.9 Å². The summed E-state index contributed by atoms with van der Waals surface area (Å²) < 4.78 is 54.9. The smallest absolute Gasteiger partial charge is 0.425 e. The van der Waals surface area contributed by atoms with Crippen LogP contribution in [-0.4, -0.2) is 45.9 Å². The number of halogens is 4. The molecular weight excluding hydrogens is 481 g/mol. The molecule has 9 nitrogen and oxygen atoms in total. The number of esters is 1. The third kappa shape index (κ3) is 4.62. The van der Waals surface area contributed by atoms with Gasteiger partial charge in [0, 0.05) is 22.7 Å². The molecule has 0 aliphatic carbocycles. The number of benzene rings is 1. The van der Waals surface area contributed by atoms with Crippen molar-refractivity contribution in [3.8, 4) is 5.88 Å². The zero-order valence-corrected chi connectivity index (χ0v) is 18.4. The van der Waals surface area contributed by atoms with Crippen LogP contribution in [0.4, 0.5) is 13.2 Å². The van der Waals surface area contributed by atoms with E-state index in [2.05, 4.69) is 20.1 Å². The molecule has 13 heteroatoms. The Kier molecular flexibility index (Phi) is 6.09. The summed E-state index contributed by atoms with van der Waals surface area (Å²) in [6, 6.07) is 5.71. The molecule has 34 heavy (non-hydrogen) atoms. The first-order valence-corrected chi connectivity index (χ1v) is 10.1. The summed E-state index contributed by atoms with van der Waals surface area (Å²) in [4.78, 5) is 29.2. The number of hydrogen-bond donors (Lipinski definition) is 1. The highest BCUT2D eigenvalue weighted by Gasteiger charge is 2.39. The van der Waals surface area contributed by atoms with E-state index in [0.29, 0.717) is 18.2 Å². The van der Waals surface area contributed by atoms with Crippen molar-refractivity contribution in [1.82, 2.24) is 19.9 Å². The third-order valence-corrected chi connectivity index (χ3v) is 5.04. The molecule has 0 saturated heterocycles. The summed E-state index contributed by atoms with van der Waals surface area (Å²) in [6.07, 6.45) is -4.11. The van der Waals surface area contributed by atoms with Gasteiger partial charge in [-0.25, -0.2) is 9.31 Å². The normalized spacial score (nSPS) is 12.6. The van der Waals surface area contributed by atoms with Crippen LogP contribution in [0, 0.1) is 0 Å². The molecule has 0 bridgehead atoms. The van der Waals surface area contributed by atoms with Crippen molar-refractivity contribution < 1.29 is 36.7 Å². The highest BCUT2D eigenvalue weighted by Crippen LogP contribution is 2.30. The lowest BCUT2D eigenvalue weighted by atomic mass is 10.1. The molecule has 0 spiro atoms. The van der Waals surface area contributed by atoms with Crippen LogP contribution in [0.15, 0.2) is 41.1 Å². The van der Waals surface area contributed by atoms with Gasteiger partial charge in [-0.3, -0.25) is 4.79 Å².